The van der Waals surface area contributed by atoms with Crippen molar-refractivity contribution in [2.75, 3.05) is 5.32 Å². The molecule has 38 heavy (non-hydrogen) atoms. The summed E-state index contributed by atoms with van der Waals surface area (Å²) in [5.74, 6) is -1.72. The smallest absolute Gasteiger partial charge is 0.408 e. The molecule has 0 aromatic heterocycles. The molecule has 0 radical (unpaired) electrons. The molecule has 2 atom stereocenters. The Bertz CT molecular complexity index is 1220. The quantitative estimate of drug-likeness (QED) is 0.457. The van der Waals surface area contributed by atoms with E-state index in [4.69, 9.17) is 10.5 Å². The Balaban J connectivity index is 2.04. The average Bonchev–Trinajstić information content (AvgIpc) is 3.62. The maximum absolute atomic E-state index is 14.0. The molecule has 0 bridgehead atoms. The number of hydrogen-bond donors (Lipinski definition) is 3. The van der Waals surface area contributed by atoms with Crippen LogP contribution in [-0.4, -0.2) is 46.4 Å². The number of alkyl carbamates (subject to hydrolysis) is 1. The van der Waals surface area contributed by atoms with Crippen LogP contribution in [0.1, 0.15) is 68.3 Å². The standard InChI is InChI=1S/C29H38N4O5/c1-17-11-14-21(19(3)15-17)25(26(35)31-22-10-8-7-9-18(22)2)33(20-12-13-20)27(36)23(16-24(30)34)32-28(37)38-29(4,5)6/h7-11,14-15,20,23,25H,12-13,16H2,1-6H3,(H2,30,34)(H,31,35)(H,32,37). The van der Waals surface area contributed by atoms with Crippen LogP contribution in [0.15, 0.2) is 42.5 Å². The first-order valence-corrected chi connectivity index (χ1v) is 12.8. The highest BCUT2D eigenvalue weighted by atomic mass is 16.6. The van der Waals surface area contributed by atoms with Crippen LogP contribution in [-0.2, 0) is 19.1 Å². The van der Waals surface area contributed by atoms with E-state index in [0.717, 1.165) is 16.7 Å². The van der Waals surface area contributed by atoms with Gasteiger partial charge < -0.3 is 26.0 Å². The highest BCUT2D eigenvalue weighted by Crippen LogP contribution is 2.37. The second-order valence-corrected chi connectivity index (χ2v) is 10.9. The molecule has 4 amide bonds. The lowest BCUT2D eigenvalue weighted by Gasteiger charge is -2.35. The van der Waals surface area contributed by atoms with Gasteiger partial charge in [0.1, 0.15) is 17.7 Å². The second-order valence-electron chi connectivity index (χ2n) is 10.9. The minimum atomic E-state index is -1.29. The van der Waals surface area contributed by atoms with E-state index in [1.807, 2.05) is 57.2 Å². The zero-order valence-corrected chi connectivity index (χ0v) is 23.0. The maximum atomic E-state index is 14.0. The van der Waals surface area contributed by atoms with Crippen LogP contribution >= 0.6 is 0 Å². The highest BCUT2D eigenvalue weighted by Gasteiger charge is 2.44. The summed E-state index contributed by atoms with van der Waals surface area (Å²) in [6.45, 7) is 10.8. The first-order chi connectivity index (χ1) is 17.8. The monoisotopic (exact) mass is 522 g/mol. The number of benzene rings is 2. The first kappa shape index (κ1) is 28.7. The number of para-hydroxylation sites is 1. The van der Waals surface area contributed by atoms with Crippen molar-refractivity contribution in [3.8, 4) is 0 Å². The molecule has 1 fully saturated rings. The van der Waals surface area contributed by atoms with E-state index in [2.05, 4.69) is 10.6 Å². The number of hydrogen-bond acceptors (Lipinski definition) is 5. The molecule has 1 aliphatic carbocycles. The summed E-state index contributed by atoms with van der Waals surface area (Å²) in [4.78, 5) is 54.0. The van der Waals surface area contributed by atoms with Gasteiger partial charge in [0.2, 0.25) is 11.8 Å². The molecule has 0 saturated heterocycles. The van der Waals surface area contributed by atoms with E-state index in [9.17, 15) is 19.2 Å². The molecular weight excluding hydrogens is 484 g/mol. The molecule has 2 aromatic carbocycles. The summed E-state index contributed by atoms with van der Waals surface area (Å²) in [6.07, 6.45) is 0.113. The number of nitrogens with one attached hydrogen (secondary N) is 2. The van der Waals surface area contributed by atoms with Crippen molar-refractivity contribution in [1.82, 2.24) is 10.2 Å². The van der Waals surface area contributed by atoms with Crippen molar-refractivity contribution in [3.63, 3.8) is 0 Å². The molecule has 2 aromatic rings. The van der Waals surface area contributed by atoms with Crippen molar-refractivity contribution in [2.24, 2.45) is 5.73 Å². The normalized spacial score (nSPS) is 14.7. The molecule has 0 aliphatic heterocycles. The Kier molecular flexibility index (Phi) is 8.81. The van der Waals surface area contributed by atoms with Gasteiger partial charge in [-0.05, 0) is 77.1 Å². The average molecular weight is 523 g/mol. The number of aryl methyl sites for hydroxylation is 3. The predicted molar refractivity (Wildman–Crippen MR) is 145 cm³/mol. The fourth-order valence-electron chi connectivity index (χ4n) is 4.37. The van der Waals surface area contributed by atoms with E-state index in [0.29, 0.717) is 24.1 Å². The lowest BCUT2D eigenvalue weighted by atomic mass is 9.96. The molecule has 9 nitrogen and oxygen atoms in total. The maximum Gasteiger partial charge on any atom is 0.408 e. The number of amides is 4. The fourth-order valence-corrected chi connectivity index (χ4v) is 4.37. The zero-order valence-electron chi connectivity index (χ0n) is 23.0. The molecule has 204 valence electrons. The number of primary amides is 1. The second kappa shape index (κ2) is 11.7. The Morgan fingerprint density at radius 1 is 1.03 bits per heavy atom. The molecule has 1 aliphatic rings. The summed E-state index contributed by atoms with van der Waals surface area (Å²) in [6, 6.07) is 10.6. The SMILES string of the molecule is Cc1ccc(C(C(=O)Nc2ccccc2C)N(C(=O)C(CC(N)=O)NC(=O)OC(C)(C)C)C2CC2)c(C)c1. The summed E-state index contributed by atoms with van der Waals surface area (Å²) in [5.41, 5.74) is 8.69. The van der Waals surface area contributed by atoms with Gasteiger partial charge in [0.05, 0.1) is 6.42 Å². The number of anilines is 1. The summed E-state index contributed by atoms with van der Waals surface area (Å²) in [5, 5.41) is 5.49. The third kappa shape index (κ3) is 7.57. The van der Waals surface area contributed by atoms with Crippen molar-refractivity contribution >= 4 is 29.5 Å². The lowest BCUT2D eigenvalue weighted by Crippen LogP contribution is -2.54. The van der Waals surface area contributed by atoms with Crippen molar-refractivity contribution < 1.29 is 23.9 Å². The summed E-state index contributed by atoms with van der Waals surface area (Å²) < 4.78 is 5.32. The lowest BCUT2D eigenvalue weighted by molar-refractivity contribution is -0.142. The van der Waals surface area contributed by atoms with Crippen molar-refractivity contribution in [3.05, 3.63) is 64.7 Å². The largest absolute Gasteiger partial charge is 0.444 e. The Morgan fingerprint density at radius 3 is 2.24 bits per heavy atom. The number of carbonyl (C=O) groups excluding carboxylic acids is 4. The molecule has 0 spiro atoms. The number of rotatable bonds is 9. The Labute approximate surface area is 224 Å². The van der Waals surface area contributed by atoms with Crippen LogP contribution in [0.5, 0.6) is 0 Å². The first-order valence-electron chi connectivity index (χ1n) is 12.8. The van der Waals surface area contributed by atoms with E-state index in [1.165, 1.54) is 4.90 Å². The molecule has 3 rings (SSSR count). The van der Waals surface area contributed by atoms with Gasteiger partial charge in [0, 0.05) is 11.7 Å². The fraction of sp³-hybridized carbons (Fsp3) is 0.448. The van der Waals surface area contributed by atoms with Gasteiger partial charge in [0.25, 0.3) is 5.91 Å². The summed E-state index contributed by atoms with van der Waals surface area (Å²) in [7, 11) is 0. The van der Waals surface area contributed by atoms with E-state index >= 15 is 0 Å². The van der Waals surface area contributed by atoms with Crippen molar-refractivity contribution in [1.29, 1.82) is 0 Å². The topological polar surface area (TPSA) is 131 Å². The van der Waals surface area contributed by atoms with E-state index < -0.39 is 42.0 Å². The van der Waals surface area contributed by atoms with Crippen molar-refractivity contribution in [2.45, 2.75) is 84.5 Å². The molecular formula is C29H38N4O5. The Morgan fingerprint density at radius 2 is 1.68 bits per heavy atom. The van der Waals surface area contributed by atoms with Crippen LogP contribution in [0.4, 0.5) is 10.5 Å². The van der Waals surface area contributed by atoms with Gasteiger partial charge in [0.15, 0.2) is 0 Å². The number of carbonyl (C=O) groups is 4. The third-order valence-corrected chi connectivity index (χ3v) is 6.24. The van der Waals surface area contributed by atoms with Crippen LogP contribution in [0.3, 0.4) is 0 Å². The third-order valence-electron chi connectivity index (χ3n) is 6.24. The van der Waals surface area contributed by atoms with Gasteiger partial charge >= 0.3 is 6.09 Å². The number of nitrogens with zero attached hydrogens (tertiary/aromatic N) is 1. The molecule has 0 heterocycles. The Hall–Kier alpha value is -3.88. The van der Waals surface area contributed by atoms with Gasteiger partial charge in [-0.1, -0.05) is 42.0 Å². The van der Waals surface area contributed by atoms with E-state index in [1.54, 1.807) is 26.8 Å². The number of nitrogens with two attached hydrogens (primary N) is 1. The van der Waals surface area contributed by atoms with Crippen LogP contribution < -0.4 is 16.4 Å². The summed E-state index contributed by atoms with van der Waals surface area (Å²) >= 11 is 0. The zero-order chi connectivity index (χ0) is 28.2. The van der Waals surface area contributed by atoms with Crippen LogP contribution in [0.2, 0.25) is 0 Å². The number of ether oxygens (including phenoxy) is 1. The van der Waals surface area contributed by atoms with Gasteiger partial charge in [-0.15, -0.1) is 0 Å². The van der Waals surface area contributed by atoms with Gasteiger partial charge in [-0.3, -0.25) is 14.4 Å². The van der Waals surface area contributed by atoms with E-state index in [-0.39, 0.29) is 11.9 Å². The molecule has 9 heteroatoms. The van der Waals surface area contributed by atoms with Crippen LogP contribution in [0, 0.1) is 20.8 Å². The molecule has 2 unspecified atom stereocenters. The molecule has 4 N–H and O–H groups in total. The molecule has 1 saturated carbocycles. The minimum absolute atomic E-state index is 0.230. The highest BCUT2D eigenvalue weighted by molar-refractivity contribution is 6.00. The van der Waals surface area contributed by atoms with Gasteiger partial charge in [-0.2, -0.15) is 0 Å². The predicted octanol–water partition coefficient (Wildman–Crippen LogP) is 4.05. The van der Waals surface area contributed by atoms with Crippen LogP contribution in [0.25, 0.3) is 0 Å². The minimum Gasteiger partial charge on any atom is -0.444 e. The van der Waals surface area contributed by atoms with Gasteiger partial charge in [-0.25, -0.2) is 4.79 Å².